The summed E-state index contributed by atoms with van der Waals surface area (Å²) in [5.74, 6) is 0.731. The van der Waals surface area contributed by atoms with E-state index in [1.54, 1.807) is 26.3 Å². The van der Waals surface area contributed by atoms with Gasteiger partial charge in [0.25, 0.3) is 0 Å². The fourth-order valence-electron chi connectivity index (χ4n) is 1.88. The summed E-state index contributed by atoms with van der Waals surface area (Å²) in [4.78, 5) is 8.76. The normalized spacial score (nSPS) is 10.7. The Kier molecular flexibility index (Phi) is 5.50. The van der Waals surface area contributed by atoms with E-state index < -0.39 is 0 Å². The zero-order chi connectivity index (χ0) is 15.4. The summed E-state index contributed by atoms with van der Waals surface area (Å²) in [5.41, 5.74) is 1.08. The van der Waals surface area contributed by atoms with Crippen molar-refractivity contribution < 1.29 is 9.13 Å². The molecule has 0 radical (unpaired) electrons. The lowest BCUT2D eigenvalue weighted by molar-refractivity contribution is 0.180. The third kappa shape index (κ3) is 3.70. The highest BCUT2D eigenvalue weighted by Crippen LogP contribution is 2.26. The molecule has 0 aliphatic rings. The van der Waals surface area contributed by atoms with Crippen LogP contribution in [-0.4, -0.2) is 24.1 Å². The van der Waals surface area contributed by atoms with E-state index in [-0.39, 0.29) is 12.2 Å². The molecule has 112 valence electrons. The highest BCUT2D eigenvalue weighted by molar-refractivity contribution is 9.10. The molecule has 2 rings (SSSR count). The monoisotopic (exact) mass is 373 g/mol. The summed E-state index contributed by atoms with van der Waals surface area (Å²) < 4.78 is 19.7. The number of rotatable bonds is 5. The number of aromatic nitrogens is 2. The van der Waals surface area contributed by atoms with Crippen molar-refractivity contribution in [2.45, 2.75) is 13.0 Å². The maximum absolute atomic E-state index is 13.9. The van der Waals surface area contributed by atoms with Crippen LogP contribution < -0.4 is 5.32 Å². The first kappa shape index (κ1) is 16.1. The van der Waals surface area contributed by atoms with Crippen LogP contribution in [0.25, 0.3) is 0 Å². The zero-order valence-electron chi connectivity index (χ0n) is 11.6. The second kappa shape index (κ2) is 7.15. The lowest BCUT2D eigenvalue weighted by Crippen LogP contribution is -2.08. The molecule has 0 spiro atoms. The minimum Gasteiger partial charge on any atom is -0.378 e. The van der Waals surface area contributed by atoms with E-state index >= 15 is 0 Å². The average Bonchev–Trinajstić information content (AvgIpc) is 2.46. The van der Waals surface area contributed by atoms with Gasteiger partial charge in [0.1, 0.15) is 17.5 Å². The molecular weight excluding hydrogens is 361 g/mol. The van der Waals surface area contributed by atoms with Crippen LogP contribution in [0.3, 0.4) is 0 Å². The van der Waals surface area contributed by atoms with E-state index in [0.29, 0.717) is 34.5 Å². The van der Waals surface area contributed by atoms with Crippen LogP contribution in [0.4, 0.5) is 10.2 Å². The Hall–Kier alpha value is -1.24. The van der Waals surface area contributed by atoms with Crippen molar-refractivity contribution in [1.82, 2.24) is 9.97 Å². The largest absolute Gasteiger partial charge is 0.378 e. The van der Waals surface area contributed by atoms with Crippen LogP contribution in [0.15, 0.2) is 22.7 Å². The van der Waals surface area contributed by atoms with Crippen LogP contribution in [0, 0.1) is 5.82 Å². The molecule has 0 aliphatic carbocycles. The van der Waals surface area contributed by atoms with E-state index in [2.05, 4.69) is 31.2 Å². The van der Waals surface area contributed by atoms with E-state index in [4.69, 9.17) is 16.3 Å². The second-order valence-corrected chi connectivity index (χ2v) is 5.51. The molecule has 0 amide bonds. The molecule has 1 aromatic carbocycles. The minimum atomic E-state index is -0.367. The molecule has 1 heterocycles. The Balaban J connectivity index is 2.42. The van der Waals surface area contributed by atoms with Crippen molar-refractivity contribution >= 4 is 33.3 Å². The molecule has 0 aliphatic heterocycles. The Bertz CT molecular complexity index is 634. The second-order valence-electron chi connectivity index (χ2n) is 4.31. The molecule has 1 aromatic heterocycles. The smallest absolute Gasteiger partial charge is 0.144 e. The third-order valence-corrected chi connectivity index (χ3v) is 4.07. The number of anilines is 1. The van der Waals surface area contributed by atoms with Crippen molar-refractivity contribution in [2.75, 3.05) is 19.5 Å². The SMILES string of the molecule is CNc1nc(Cc2c(F)cccc2Cl)nc(COC)c1Br. The lowest BCUT2D eigenvalue weighted by Gasteiger charge is -2.11. The Morgan fingerprint density at radius 2 is 2.14 bits per heavy atom. The van der Waals surface area contributed by atoms with Gasteiger partial charge >= 0.3 is 0 Å². The van der Waals surface area contributed by atoms with Gasteiger partial charge in [0.2, 0.25) is 0 Å². The Morgan fingerprint density at radius 3 is 2.76 bits per heavy atom. The van der Waals surface area contributed by atoms with Crippen LogP contribution >= 0.6 is 27.5 Å². The van der Waals surface area contributed by atoms with Gasteiger partial charge in [0, 0.05) is 31.2 Å². The fourth-order valence-corrected chi connectivity index (χ4v) is 2.60. The summed E-state index contributed by atoms with van der Waals surface area (Å²) in [7, 11) is 3.34. The lowest BCUT2D eigenvalue weighted by atomic mass is 10.1. The predicted octanol–water partition coefficient (Wildman–Crippen LogP) is 3.81. The van der Waals surface area contributed by atoms with E-state index in [0.717, 1.165) is 4.47 Å². The molecule has 21 heavy (non-hydrogen) atoms. The van der Waals surface area contributed by atoms with Crippen LogP contribution in [-0.2, 0) is 17.8 Å². The number of halogens is 3. The van der Waals surface area contributed by atoms with Gasteiger partial charge in [-0.1, -0.05) is 17.7 Å². The first-order valence-electron chi connectivity index (χ1n) is 6.21. The first-order chi connectivity index (χ1) is 10.1. The van der Waals surface area contributed by atoms with Crippen molar-refractivity contribution in [3.63, 3.8) is 0 Å². The summed E-state index contributed by atoms with van der Waals surface area (Å²) >= 11 is 9.46. The molecule has 0 saturated carbocycles. The summed E-state index contributed by atoms with van der Waals surface area (Å²) in [6.07, 6.45) is 0.212. The van der Waals surface area contributed by atoms with Gasteiger partial charge in [-0.25, -0.2) is 14.4 Å². The van der Waals surface area contributed by atoms with E-state index in [9.17, 15) is 4.39 Å². The zero-order valence-corrected chi connectivity index (χ0v) is 13.9. The van der Waals surface area contributed by atoms with Gasteiger partial charge in [-0.05, 0) is 28.1 Å². The minimum absolute atomic E-state index is 0.212. The number of hydrogen-bond donors (Lipinski definition) is 1. The van der Waals surface area contributed by atoms with Crippen molar-refractivity contribution in [2.24, 2.45) is 0 Å². The number of methoxy groups -OCH3 is 1. The maximum atomic E-state index is 13.9. The van der Waals surface area contributed by atoms with Gasteiger partial charge in [0.05, 0.1) is 16.8 Å². The van der Waals surface area contributed by atoms with Gasteiger partial charge in [-0.2, -0.15) is 0 Å². The molecule has 0 atom stereocenters. The molecule has 2 aromatic rings. The van der Waals surface area contributed by atoms with Gasteiger partial charge < -0.3 is 10.1 Å². The molecule has 0 fully saturated rings. The maximum Gasteiger partial charge on any atom is 0.144 e. The average molecular weight is 375 g/mol. The predicted molar refractivity (Wildman–Crippen MR) is 84.2 cm³/mol. The van der Waals surface area contributed by atoms with Crippen molar-refractivity contribution in [3.8, 4) is 0 Å². The Morgan fingerprint density at radius 1 is 1.38 bits per heavy atom. The molecule has 1 N–H and O–H groups in total. The number of nitrogens with zero attached hydrogens (tertiary/aromatic N) is 2. The Labute approximate surface area is 135 Å². The van der Waals surface area contributed by atoms with Gasteiger partial charge in [-0.15, -0.1) is 0 Å². The highest BCUT2D eigenvalue weighted by atomic mass is 79.9. The summed E-state index contributed by atoms with van der Waals surface area (Å²) in [6.45, 7) is 0.329. The van der Waals surface area contributed by atoms with Gasteiger partial charge in [-0.3, -0.25) is 0 Å². The third-order valence-electron chi connectivity index (χ3n) is 2.88. The van der Waals surface area contributed by atoms with Crippen molar-refractivity contribution in [1.29, 1.82) is 0 Å². The topological polar surface area (TPSA) is 47.0 Å². The summed E-state index contributed by atoms with van der Waals surface area (Å²) in [5, 5.41) is 3.33. The van der Waals surface area contributed by atoms with Crippen molar-refractivity contribution in [3.05, 3.63) is 50.6 Å². The van der Waals surface area contributed by atoms with Crippen LogP contribution in [0.2, 0.25) is 5.02 Å². The first-order valence-corrected chi connectivity index (χ1v) is 7.38. The number of ether oxygens (including phenoxy) is 1. The van der Waals surface area contributed by atoms with Crippen LogP contribution in [0.1, 0.15) is 17.1 Å². The fraction of sp³-hybridized carbons (Fsp3) is 0.286. The molecule has 0 unspecified atom stereocenters. The molecule has 0 saturated heterocycles. The highest BCUT2D eigenvalue weighted by Gasteiger charge is 2.14. The molecular formula is C14H14BrClFN3O. The quantitative estimate of drug-likeness (QED) is 0.864. The molecule has 0 bridgehead atoms. The van der Waals surface area contributed by atoms with Crippen LogP contribution in [0.5, 0.6) is 0 Å². The summed E-state index contributed by atoms with van der Waals surface area (Å²) in [6, 6.07) is 4.59. The number of hydrogen-bond acceptors (Lipinski definition) is 4. The van der Waals surface area contributed by atoms with Gasteiger partial charge in [0.15, 0.2) is 0 Å². The van der Waals surface area contributed by atoms with E-state index in [1.165, 1.54) is 6.07 Å². The number of nitrogens with one attached hydrogen (secondary N) is 1. The standard InChI is InChI=1S/C14H14BrClFN3O/c1-18-14-13(15)11(7-21-2)19-12(20-14)6-8-9(16)4-3-5-10(8)17/h3-5H,6-7H2,1-2H3,(H,18,19,20). The molecule has 7 heteroatoms. The molecule has 4 nitrogen and oxygen atoms in total. The van der Waals surface area contributed by atoms with E-state index in [1.807, 2.05) is 0 Å². The number of benzene rings is 1.